The summed E-state index contributed by atoms with van der Waals surface area (Å²) in [5.41, 5.74) is 2.55. The molecule has 1 saturated heterocycles. The molecule has 11 heteroatoms. The van der Waals surface area contributed by atoms with E-state index in [9.17, 15) is 23.2 Å². The SMILES string of the molecule is CCN(C[C@H](CC(C)C)[C@H](C(=O)NO)C(=O)N1CCOCC1)S(=O)(=O)c1cccc2c(N(C)C)cccc12. The van der Waals surface area contributed by atoms with E-state index in [0.717, 1.165) is 11.1 Å². The molecule has 0 radical (unpaired) electrons. The van der Waals surface area contributed by atoms with Crippen molar-refractivity contribution in [2.24, 2.45) is 17.8 Å². The Morgan fingerprint density at radius 1 is 1.08 bits per heavy atom. The molecule has 2 aromatic rings. The van der Waals surface area contributed by atoms with Crippen molar-refractivity contribution in [1.29, 1.82) is 0 Å². The normalized spacial score (nSPS) is 16.1. The zero-order valence-electron chi connectivity index (χ0n) is 22.9. The first-order valence-electron chi connectivity index (χ1n) is 13.0. The molecule has 1 heterocycles. The number of sulfonamides is 1. The molecule has 2 aromatic carbocycles. The monoisotopic (exact) mass is 548 g/mol. The van der Waals surface area contributed by atoms with Crippen LogP contribution in [0.4, 0.5) is 5.69 Å². The maximum Gasteiger partial charge on any atom is 0.256 e. The molecule has 3 rings (SSSR count). The average Bonchev–Trinajstić information content (AvgIpc) is 2.90. The van der Waals surface area contributed by atoms with E-state index in [4.69, 9.17) is 4.74 Å². The Morgan fingerprint density at radius 2 is 1.71 bits per heavy atom. The van der Waals surface area contributed by atoms with E-state index in [1.165, 1.54) is 4.31 Å². The van der Waals surface area contributed by atoms with Crippen LogP contribution in [0, 0.1) is 17.8 Å². The largest absolute Gasteiger partial charge is 0.378 e. The molecular weight excluding hydrogens is 508 g/mol. The second kappa shape index (κ2) is 12.9. The second-order valence-electron chi connectivity index (χ2n) is 10.3. The summed E-state index contributed by atoms with van der Waals surface area (Å²) in [4.78, 5) is 30.0. The molecule has 0 bridgehead atoms. The summed E-state index contributed by atoms with van der Waals surface area (Å²) in [6, 6.07) is 10.8. The van der Waals surface area contributed by atoms with Gasteiger partial charge in [-0.3, -0.25) is 14.8 Å². The van der Waals surface area contributed by atoms with Crippen molar-refractivity contribution in [1.82, 2.24) is 14.7 Å². The quantitative estimate of drug-likeness (QED) is 0.252. The predicted octanol–water partition coefficient (Wildman–Crippen LogP) is 2.56. The Balaban J connectivity index is 2.03. The first-order valence-corrected chi connectivity index (χ1v) is 14.5. The number of morpholine rings is 1. The number of benzene rings is 2. The number of carbonyl (C=O) groups is 2. The lowest BCUT2D eigenvalue weighted by Crippen LogP contribution is -2.52. The smallest absolute Gasteiger partial charge is 0.256 e. The van der Waals surface area contributed by atoms with Gasteiger partial charge in [-0.25, -0.2) is 13.9 Å². The molecule has 1 fully saturated rings. The first-order chi connectivity index (χ1) is 18.0. The summed E-state index contributed by atoms with van der Waals surface area (Å²) >= 11 is 0. The number of rotatable bonds is 11. The first kappa shape index (κ1) is 29.8. The van der Waals surface area contributed by atoms with Gasteiger partial charge >= 0.3 is 0 Å². The number of amides is 2. The van der Waals surface area contributed by atoms with Crippen LogP contribution in [0.1, 0.15) is 27.2 Å². The molecular formula is C27H40N4O6S. The Morgan fingerprint density at radius 3 is 2.29 bits per heavy atom. The number of fused-ring (bicyclic) bond motifs is 1. The highest BCUT2D eigenvalue weighted by molar-refractivity contribution is 7.89. The lowest BCUT2D eigenvalue weighted by molar-refractivity contribution is -0.151. The number of hydrogen-bond donors (Lipinski definition) is 2. The topological polar surface area (TPSA) is 119 Å². The Hall–Kier alpha value is -2.73. The van der Waals surface area contributed by atoms with Gasteiger partial charge in [0.15, 0.2) is 0 Å². The van der Waals surface area contributed by atoms with Crippen molar-refractivity contribution in [3.63, 3.8) is 0 Å². The Kier molecular flexibility index (Phi) is 10.1. The van der Waals surface area contributed by atoms with Gasteiger partial charge in [0.2, 0.25) is 15.9 Å². The van der Waals surface area contributed by atoms with E-state index in [-0.39, 0.29) is 23.9 Å². The van der Waals surface area contributed by atoms with Crippen molar-refractivity contribution < 1.29 is 28.0 Å². The molecule has 38 heavy (non-hydrogen) atoms. The van der Waals surface area contributed by atoms with E-state index in [2.05, 4.69) is 0 Å². The van der Waals surface area contributed by atoms with Crippen LogP contribution in [0.2, 0.25) is 0 Å². The minimum absolute atomic E-state index is 0.0467. The molecule has 210 valence electrons. The number of carbonyl (C=O) groups excluding carboxylic acids is 2. The molecule has 0 saturated carbocycles. The summed E-state index contributed by atoms with van der Waals surface area (Å²) in [5, 5.41) is 10.9. The molecule has 1 aliphatic heterocycles. The Labute approximate surface area is 225 Å². The fraction of sp³-hybridized carbons (Fsp3) is 0.556. The summed E-state index contributed by atoms with van der Waals surface area (Å²) in [7, 11) is -0.181. The number of ether oxygens (including phenoxy) is 1. The van der Waals surface area contributed by atoms with Crippen LogP contribution in [0.25, 0.3) is 10.8 Å². The molecule has 0 unspecified atom stereocenters. The van der Waals surface area contributed by atoms with Crippen LogP contribution in [0.5, 0.6) is 0 Å². The van der Waals surface area contributed by atoms with Gasteiger partial charge in [-0.15, -0.1) is 0 Å². The van der Waals surface area contributed by atoms with Gasteiger partial charge < -0.3 is 14.5 Å². The van der Waals surface area contributed by atoms with E-state index in [0.29, 0.717) is 38.1 Å². The third-order valence-corrected chi connectivity index (χ3v) is 8.98. The van der Waals surface area contributed by atoms with Gasteiger partial charge in [0.05, 0.1) is 18.1 Å². The van der Waals surface area contributed by atoms with Crippen molar-refractivity contribution in [2.45, 2.75) is 32.1 Å². The van der Waals surface area contributed by atoms with E-state index in [1.807, 2.05) is 51.0 Å². The predicted molar refractivity (Wildman–Crippen MR) is 146 cm³/mol. The number of nitrogens with one attached hydrogen (secondary N) is 1. The number of nitrogens with zero attached hydrogens (tertiary/aromatic N) is 3. The average molecular weight is 549 g/mol. The van der Waals surface area contributed by atoms with Crippen LogP contribution in [-0.2, 0) is 24.3 Å². The maximum atomic E-state index is 14.1. The fourth-order valence-corrected chi connectivity index (χ4v) is 6.89. The molecule has 2 N–H and O–H groups in total. The van der Waals surface area contributed by atoms with Crippen LogP contribution in [-0.4, -0.2) is 88.1 Å². The molecule has 0 aromatic heterocycles. The van der Waals surface area contributed by atoms with Crippen molar-refractivity contribution >= 4 is 38.3 Å². The molecule has 0 spiro atoms. The van der Waals surface area contributed by atoms with E-state index >= 15 is 0 Å². The van der Waals surface area contributed by atoms with Gasteiger partial charge in [0, 0.05) is 56.7 Å². The van der Waals surface area contributed by atoms with E-state index < -0.39 is 33.7 Å². The third-order valence-electron chi connectivity index (χ3n) is 6.98. The molecule has 1 aliphatic rings. The highest BCUT2D eigenvalue weighted by Crippen LogP contribution is 2.33. The van der Waals surface area contributed by atoms with Gasteiger partial charge in [-0.1, -0.05) is 45.0 Å². The molecule has 2 atom stereocenters. The second-order valence-corrected chi connectivity index (χ2v) is 12.2. The molecule has 0 aliphatic carbocycles. The molecule has 2 amide bonds. The summed E-state index contributed by atoms with van der Waals surface area (Å²) < 4.78 is 34.8. The van der Waals surface area contributed by atoms with Crippen molar-refractivity contribution in [3.8, 4) is 0 Å². The summed E-state index contributed by atoms with van der Waals surface area (Å²) in [6.45, 7) is 7.15. The zero-order valence-corrected chi connectivity index (χ0v) is 23.7. The van der Waals surface area contributed by atoms with E-state index in [1.54, 1.807) is 35.5 Å². The number of hydrogen-bond acceptors (Lipinski definition) is 7. The Bertz CT molecular complexity index is 1230. The summed E-state index contributed by atoms with van der Waals surface area (Å²) in [5.74, 6) is -3.08. The highest BCUT2D eigenvalue weighted by Gasteiger charge is 2.40. The highest BCUT2D eigenvalue weighted by atomic mass is 32.2. The third kappa shape index (κ3) is 6.45. The zero-order chi connectivity index (χ0) is 28.0. The van der Waals surface area contributed by atoms with Gasteiger partial charge in [0.25, 0.3) is 5.91 Å². The fourth-order valence-electron chi connectivity index (χ4n) is 5.18. The van der Waals surface area contributed by atoms with Crippen LogP contribution >= 0.6 is 0 Å². The number of anilines is 1. The molecule has 10 nitrogen and oxygen atoms in total. The number of hydroxylamine groups is 1. The van der Waals surface area contributed by atoms with Crippen LogP contribution in [0.15, 0.2) is 41.3 Å². The van der Waals surface area contributed by atoms with Crippen LogP contribution in [0.3, 0.4) is 0 Å². The minimum atomic E-state index is -3.99. The van der Waals surface area contributed by atoms with Gasteiger partial charge in [0.1, 0.15) is 5.92 Å². The maximum absolute atomic E-state index is 14.1. The lowest BCUT2D eigenvalue weighted by atomic mass is 9.83. The minimum Gasteiger partial charge on any atom is -0.378 e. The van der Waals surface area contributed by atoms with Crippen LogP contribution < -0.4 is 10.4 Å². The lowest BCUT2D eigenvalue weighted by Gasteiger charge is -2.35. The van der Waals surface area contributed by atoms with Gasteiger partial charge in [-0.05, 0) is 30.4 Å². The van der Waals surface area contributed by atoms with Crippen molar-refractivity contribution in [2.75, 3.05) is 58.4 Å². The van der Waals surface area contributed by atoms with Gasteiger partial charge in [-0.2, -0.15) is 4.31 Å². The van der Waals surface area contributed by atoms with Crippen molar-refractivity contribution in [3.05, 3.63) is 36.4 Å². The standard InChI is InChI=1S/C27H40N4O6S/c1-6-31(38(35,36)24-12-8-9-21-22(24)10-7-11-23(21)29(4)5)18-20(17-19(2)3)25(26(32)28-34)27(33)30-13-15-37-16-14-30/h7-12,19-20,25,34H,6,13-18H2,1-5H3,(H,28,32)/t20-,25+/m0/s1. The summed E-state index contributed by atoms with van der Waals surface area (Å²) in [6.07, 6.45) is 0.417.